The molecule has 0 saturated carbocycles. The van der Waals surface area contributed by atoms with Gasteiger partial charge in [-0.1, -0.05) is 60.1 Å². The van der Waals surface area contributed by atoms with E-state index in [1.165, 1.54) is 10.4 Å². The lowest BCUT2D eigenvalue weighted by Crippen LogP contribution is -2.38. The first-order valence-corrected chi connectivity index (χ1v) is 11.5. The van der Waals surface area contributed by atoms with Gasteiger partial charge in [0.25, 0.3) is 5.91 Å². The maximum Gasteiger partial charge on any atom is 0.279 e. The Morgan fingerprint density at radius 1 is 1.16 bits per heavy atom. The smallest absolute Gasteiger partial charge is 0.279 e. The zero-order chi connectivity index (χ0) is 21.4. The number of carbonyl (C=O) groups is 1. The van der Waals surface area contributed by atoms with Gasteiger partial charge in [-0.3, -0.25) is 9.69 Å². The normalized spacial score (nSPS) is 18.3. The first-order chi connectivity index (χ1) is 15.1. The predicted molar refractivity (Wildman–Crippen MR) is 125 cm³/mol. The van der Waals surface area contributed by atoms with Crippen LogP contribution >= 0.6 is 22.9 Å². The van der Waals surface area contributed by atoms with E-state index in [2.05, 4.69) is 22.4 Å². The number of benzene rings is 2. The summed E-state index contributed by atoms with van der Waals surface area (Å²) in [4.78, 5) is 20.7. The van der Waals surface area contributed by atoms with Crippen LogP contribution in [0, 0.1) is 0 Å². The van der Waals surface area contributed by atoms with E-state index in [1.807, 2.05) is 42.5 Å². The monoisotopic (exact) mass is 451 g/mol. The molecule has 5 nitrogen and oxygen atoms in total. The van der Waals surface area contributed by atoms with E-state index in [-0.39, 0.29) is 0 Å². The highest BCUT2D eigenvalue weighted by Crippen LogP contribution is 2.42. The molecule has 1 amide bonds. The van der Waals surface area contributed by atoms with Crippen LogP contribution in [0.5, 0.6) is 0 Å². The van der Waals surface area contributed by atoms with Crippen LogP contribution in [-0.4, -0.2) is 36.0 Å². The van der Waals surface area contributed by atoms with Crippen LogP contribution in [0.4, 0.5) is 5.00 Å². The molecule has 0 bridgehead atoms. The fourth-order valence-corrected chi connectivity index (χ4v) is 5.76. The van der Waals surface area contributed by atoms with Crippen molar-refractivity contribution in [3.05, 3.63) is 86.8 Å². The number of halogens is 1. The Labute approximate surface area is 190 Å². The fraction of sp³-hybridized carbons (Fsp3) is 0.250. The van der Waals surface area contributed by atoms with E-state index in [1.54, 1.807) is 16.2 Å². The molecule has 3 aromatic rings. The summed E-state index contributed by atoms with van der Waals surface area (Å²) >= 11 is 8.13. The molecule has 2 aliphatic rings. The van der Waals surface area contributed by atoms with Crippen molar-refractivity contribution in [3.63, 3.8) is 0 Å². The largest absolute Gasteiger partial charge is 0.364 e. The number of anilines is 1. The zero-order valence-electron chi connectivity index (χ0n) is 16.8. The minimum atomic E-state index is -1.46. The number of fused-ring (bicyclic) bond motifs is 3. The van der Waals surface area contributed by atoms with E-state index in [9.17, 15) is 9.90 Å². The summed E-state index contributed by atoms with van der Waals surface area (Å²) in [5.41, 5.74) is 4.62. The Kier molecular flexibility index (Phi) is 5.63. The average molecular weight is 452 g/mol. The third-order valence-corrected chi connectivity index (χ3v) is 7.31. The van der Waals surface area contributed by atoms with Crippen LogP contribution in [-0.2, 0) is 24.2 Å². The van der Waals surface area contributed by atoms with Gasteiger partial charge in [0.15, 0.2) is 0 Å². The summed E-state index contributed by atoms with van der Waals surface area (Å²) in [7, 11) is 0. The van der Waals surface area contributed by atoms with E-state index < -0.39 is 12.1 Å². The average Bonchev–Trinajstić information content (AvgIpc) is 3.13. The molecule has 7 heteroatoms. The molecule has 0 saturated heterocycles. The number of hydrogen-bond donors (Lipinski definition) is 2. The maximum atomic E-state index is 13.2. The van der Waals surface area contributed by atoms with Crippen molar-refractivity contribution in [1.29, 1.82) is 0 Å². The summed E-state index contributed by atoms with van der Waals surface area (Å²) < 4.78 is 0. The molecular weight excluding hydrogens is 430 g/mol. The van der Waals surface area contributed by atoms with E-state index in [0.29, 0.717) is 23.7 Å². The standard InChI is InChI=1S/C24H22ClN3O2S/c25-18-9-5-4-8-16(18)21-20-17-10-12-26-14-19(17)31-24(20)28(23(30)22(29)27-21)13-11-15-6-2-1-3-7-15/h1-9,22,26,29H,10-14H2. The molecule has 0 spiro atoms. The first kappa shape index (κ1) is 20.4. The molecule has 3 heterocycles. The minimum absolute atomic E-state index is 0.397. The molecule has 158 valence electrons. The van der Waals surface area contributed by atoms with Gasteiger partial charge in [-0.2, -0.15) is 0 Å². The second-order valence-corrected chi connectivity index (χ2v) is 9.16. The van der Waals surface area contributed by atoms with Gasteiger partial charge in [-0.25, -0.2) is 4.99 Å². The lowest BCUT2D eigenvalue weighted by Gasteiger charge is -2.22. The number of nitrogens with zero attached hydrogens (tertiary/aromatic N) is 2. The van der Waals surface area contributed by atoms with Gasteiger partial charge in [-0.05, 0) is 36.6 Å². The number of aliphatic hydroxyl groups is 1. The molecular formula is C24H22ClN3O2S. The zero-order valence-corrected chi connectivity index (χ0v) is 18.4. The Morgan fingerprint density at radius 3 is 2.74 bits per heavy atom. The van der Waals surface area contributed by atoms with Gasteiger partial charge < -0.3 is 10.4 Å². The Hall–Kier alpha value is -2.51. The number of hydrogen-bond acceptors (Lipinski definition) is 5. The lowest BCUT2D eigenvalue weighted by atomic mass is 9.95. The fourth-order valence-electron chi connectivity index (χ4n) is 4.19. The number of carbonyl (C=O) groups excluding carboxylic acids is 1. The van der Waals surface area contributed by atoms with Crippen LogP contribution in [0.3, 0.4) is 0 Å². The van der Waals surface area contributed by atoms with Crippen LogP contribution < -0.4 is 10.2 Å². The van der Waals surface area contributed by atoms with Crippen molar-refractivity contribution in [2.24, 2.45) is 4.99 Å². The van der Waals surface area contributed by atoms with Gasteiger partial charge in [0, 0.05) is 34.1 Å². The number of rotatable bonds is 4. The number of amides is 1. The summed E-state index contributed by atoms with van der Waals surface area (Å²) in [6.07, 6.45) is 0.0848. The summed E-state index contributed by atoms with van der Waals surface area (Å²) in [5, 5.41) is 15.5. The van der Waals surface area contributed by atoms with Crippen LogP contribution in [0.15, 0.2) is 59.6 Å². The predicted octanol–water partition coefficient (Wildman–Crippen LogP) is 3.79. The van der Waals surface area contributed by atoms with Crippen molar-refractivity contribution in [2.75, 3.05) is 18.0 Å². The second kappa shape index (κ2) is 8.55. The SMILES string of the molecule is O=C1C(O)N=C(c2ccccc2Cl)c2c(sc3c2CCNC3)N1CCc1ccccc1. The van der Waals surface area contributed by atoms with Crippen LogP contribution in [0.25, 0.3) is 0 Å². The molecule has 5 rings (SSSR count). The lowest BCUT2D eigenvalue weighted by molar-refractivity contribution is -0.126. The maximum absolute atomic E-state index is 13.2. The minimum Gasteiger partial charge on any atom is -0.364 e. The molecule has 1 unspecified atom stereocenters. The third kappa shape index (κ3) is 3.81. The number of thiophene rings is 1. The molecule has 1 aromatic heterocycles. The number of nitrogens with one attached hydrogen (secondary N) is 1. The molecule has 2 aromatic carbocycles. The van der Waals surface area contributed by atoms with Gasteiger partial charge in [0.05, 0.1) is 5.71 Å². The topological polar surface area (TPSA) is 64.9 Å². The molecule has 2 aliphatic heterocycles. The van der Waals surface area contributed by atoms with Crippen LogP contribution in [0.1, 0.15) is 27.1 Å². The van der Waals surface area contributed by atoms with E-state index >= 15 is 0 Å². The summed E-state index contributed by atoms with van der Waals surface area (Å²) in [5.74, 6) is -0.397. The molecule has 0 aliphatic carbocycles. The molecule has 31 heavy (non-hydrogen) atoms. The Balaban J connectivity index is 1.64. The van der Waals surface area contributed by atoms with E-state index in [4.69, 9.17) is 11.6 Å². The van der Waals surface area contributed by atoms with Gasteiger partial charge in [0.1, 0.15) is 5.00 Å². The van der Waals surface area contributed by atoms with Crippen LogP contribution in [0.2, 0.25) is 5.02 Å². The Bertz CT molecular complexity index is 1160. The van der Waals surface area contributed by atoms with Gasteiger partial charge in [-0.15, -0.1) is 11.3 Å². The highest BCUT2D eigenvalue weighted by molar-refractivity contribution is 7.17. The van der Waals surface area contributed by atoms with Gasteiger partial charge in [0.2, 0.25) is 6.23 Å². The number of aliphatic hydroxyl groups excluding tert-OH is 1. The van der Waals surface area contributed by atoms with Crippen molar-refractivity contribution in [2.45, 2.75) is 25.6 Å². The first-order valence-electron chi connectivity index (χ1n) is 10.3. The second-order valence-electron chi connectivity index (χ2n) is 7.67. The molecule has 0 fully saturated rings. The Morgan fingerprint density at radius 2 is 1.94 bits per heavy atom. The molecule has 2 N–H and O–H groups in total. The summed E-state index contributed by atoms with van der Waals surface area (Å²) in [6, 6.07) is 17.5. The van der Waals surface area contributed by atoms with Crippen molar-refractivity contribution in [3.8, 4) is 0 Å². The molecule has 0 radical (unpaired) electrons. The van der Waals surface area contributed by atoms with Crippen molar-refractivity contribution >= 4 is 39.6 Å². The number of aliphatic imine (C=N–C) groups is 1. The highest BCUT2D eigenvalue weighted by atomic mass is 35.5. The third-order valence-electron chi connectivity index (χ3n) is 5.73. The highest BCUT2D eigenvalue weighted by Gasteiger charge is 2.36. The van der Waals surface area contributed by atoms with E-state index in [0.717, 1.165) is 41.2 Å². The van der Waals surface area contributed by atoms with Gasteiger partial charge >= 0.3 is 0 Å². The summed E-state index contributed by atoms with van der Waals surface area (Å²) in [6.45, 7) is 2.11. The van der Waals surface area contributed by atoms with Crippen molar-refractivity contribution < 1.29 is 9.90 Å². The quantitative estimate of drug-likeness (QED) is 0.634. The molecule has 1 atom stereocenters. The van der Waals surface area contributed by atoms with Crippen molar-refractivity contribution in [1.82, 2.24) is 5.32 Å².